The first-order chi connectivity index (χ1) is 15.9. The number of benzene rings is 1. The van der Waals surface area contributed by atoms with Gasteiger partial charge in [0.15, 0.2) is 0 Å². The number of rotatable bonds is 6. The molecule has 0 saturated carbocycles. The molecule has 0 aliphatic carbocycles. The molecule has 1 atom stereocenters. The fourth-order valence-corrected chi connectivity index (χ4v) is 2.90. The molecule has 1 aromatic carbocycles. The Labute approximate surface area is 190 Å². The number of amides is 1. The highest BCUT2D eigenvalue weighted by Gasteiger charge is 2.17. The van der Waals surface area contributed by atoms with E-state index in [0.29, 0.717) is 11.1 Å². The second-order valence-corrected chi connectivity index (χ2v) is 6.98. The molecule has 1 unspecified atom stereocenters. The van der Waals surface area contributed by atoms with Gasteiger partial charge in [-0.15, -0.1) is 0 Å². The number of anilines is 2. The number of carbonyl (C=O) groups is 1. The summed E-state index contributed by atoms with van der Waals surface area (Å²) in [5, 5.41) is 22.3. The van der Waals surface area contributed by atoms with E-state index >= 15 is 0 Å². The summed E-state index contributed by atoms with van der Waals surface area (Å²) in [5.41, 5.74) is 7.88. The third kappa shape index (κ3) is 5.90. The lowest BCUT2D eigenvalue weighted by Crippen LogP contribution is -2.28. The largest absolute Gasteiger partial charge is 0.383 e. The number of halogens is 1. The van der Waals surface area contributed by atoms with Crippen molar-refractivity contribution in [1.82, 2.24) is 15.3 Å². The molecule has 8 nitrogen and oxygen atoms in total. The Balaban J connectivity index is 1.74. The van der Waals surface area contributed by atoms with Crippen LogP contribution < -0.4 is 16.4 Å². The smallest absolute Gasteiger partial charge is 0.255 e. The van der Waals surface area contributed by atoms with Crippen LogP contribution in [-0.4, -0.2) is 28.6 Å². The zero-order valence-corrected chi connectivity index (χ0v) is 17.7. The molecule has 0 aliphatic rings. The lowest BCUT2D eigenvalue weighted by Gasteiger charge is -2.16. The Morgan fingerprint density at radius 1 is 1.24 bits per heavy atom. The summed E-state index contributed by atoms with van der Waals surface area (Å²) in [6.45, 7) is 1.94. The highest BCUT2D eigenvalue weighted by atomic mass is 19.1. The van der Waals surface area contributed by atoms with Gasteiger partial charge >= 0.3 is 0 Å². The van der Waals surface area contributed by atoms with E-state index in [2.05, 4.69) is 32.4 Å². The molecular weight excluding hydrogens is 421 g/mol. The minimum absolute atomic E-state index is 0.164. The molecule has 0 spiro atoms. The summed E-state index contributed by atoms with van der Waals surface area (Å²) in [5.74, 6) is 5.52. The third-order valence-corrected chi connectivity index (χ3v) is 4.66. The number of nitrogen functional groups attached to an aromatic ring is 1. The predicted molar refractivity (Wildman–Crippen MR) is 123 cm³/mol. The van der Waals surface area contributed by atoms with Gasteiger partial charge in [0, 0.05) is 29.7 Å². The summed E-state index contributed by atoms with van der Waals surface area (Å²) in [7, 11) is 0. The number of hydrogen-bond acceptors (Lipinski definition) is 7. The van der Waals surface area contributed by atoms with Gasteiger partial charge in [-0.2, -0.15) is 5.26 Å². The molecule has 0 fully saturated rings. The highest BCUT2D eigenvalue weighted by Crippen LogP contribution is 2.18. The Morgan fingerprint density at radius 3 is 2.67 bits per heavy atom. The first-order valence-electron chi connectivity index (χ1n) is 9.86. The van der Waals surface area contributed by atoms with Gasteiger partial charge in [0.25, 0.3) is 5.91 Å². The van der Waals surface area contributed by atoms with Crippen molar-refractivity contribution in [2.45, 2.75) is 13.0 Å². The van der Waals surface area contributed by atoms with Crippen LogP contribution in [0, 0.1) is 34.4 Å². The third-order valence-electron chi connectivity index (χ3n) is 4.66. The molecule has 0 saturated heterocycles. The Kier molecular flexibility index (Phi) is 7.30. The summed E-state index contributed by atoms with van der Waals surface area (Å²) >= 11 is 0. The number of carbonyl (C=O) groups excluding carboxylic acids is 1. The maximum atomic E-state index is 13.2. The Hall–Kier alpha value is -4.76. The Morgan fingerprint density at radius 2 is 1.97 bits per heavy atom. The van der Waals surface area contributed by atoms with E-state index in [1.807, 2.05) is 6.07 Å². The number of aromatic nitrogens is 2. The van der Waals surface area contributed by atoms with Crippen LogP contribution in [0.15, 0.2) is 48.8 Å². The van der Waals surface area contributed by atoms with E-state index in [-0.39, 0.29) is 35.1 Å². The molecule has 3 aromatic rings. The predicted octanol–water partition coefficient (Wildman–Crippen LogP) is 3.02. The average molecular weight is 441 g/mol. The van der Waals surface area contributed by atoms with Crippen molar-refractivity contribution >= 4 is 23.8 Å². The molecule has 2 heterocycles. The lowest BCUT2D eigenvalue weighted by molar-refractivity contribution is 0.0940. The quantitative estimate of drug-likeness (QED) is 0.342. The van der Waals surface area contributed by atoms with E-state index in [9.17, 15) is 14.4 Å². The van der Waals surface area contributed by atoms with E-state index < -0.39 is 11.9 Å². The van der Waals surface area contributed by atoms with Crippen molar-refractivity contribution in [3.63, 3.8) is 0 Å². The molecule has 33 heavy (non-hydrogen) atoms. The highest BCUT2D eigenvalue weighted by molar-refractivity contribution is 5.99. The normalized spacial score (nSPS) is 10.8. The van der Waals surface area contributed by atoms with Crippen LogP contribution in [0.3, 0.4) is 0 Å². The van der Waals surface area contributed by atoms with Crippen molar-refractivity contribution < 1.29 is 9.18 Å². The van der Waals surface area contributed by atoms with Gasteiger partial charge in [0.05, 0.1) is 23.7 Å². The van der Waals surface area contributed by atoms with Crippen molar-refractivity contribution in [3.05, 3.63) is 82.4 Å². The number of nitriles is 1. The lowest BCUT2D eigenvalue weighted by atomic mass is 10.1. The molecule has 1 amide bonds. The van der Waals surface area contributed by atoms with Crippen molar-refractivity contribution in [2.75, 3.05) is 17.6 Å². The molecule has 3 rings (SSSR count). The van der Waals surface area contributed by atoms with Crippen LogP contribution in [0.2, 0.25) is 0 Å². The van der Waals surface area contributed by atoms with Crippen LogP contribution in [0.5, 0.6) is 0 Å². The average Bonchev–Trinajstić information content (AvgIpc) is 2.83. The second-order valence-electron chi connectivity index (χ2n) is 6.98. The molecule has 5 N–H and O–H groups in total. The van der Waals surface area contributed by atoms with Crippen molar-refractivity contribution in [1.29, 1.82) is 10.7 Å². The number of pyridine rings is 2. The van der Waals surface area contributed by atoms with Crippen LogP contribution >= 0.6 is 0 Å². The molecule has 164 valence electrons. The van der Waals surface area contributed by atoms with Crippen LogP contribution in [0.4, 0.5) is 16.0 Å². The zero-order valence-electron chi connectivity index (χ0n) is 17.7. The molecular formula is C24H20FN7O. The number of nitrogens with zero attached hydrogens (tertiary/aromatic N) is 3. The van der Waals surface area contributed by atoms with Gasteiger partial charge in [-0.25, -0.2) is 14.4 Å². The van der Waals surface area contributed by atoms with E-state index in [1.54, 1.807) is 25.1 Å². The minimum atomic E-state index is -0.440. The fraction of sp³-hybridized carbons (Fsp3) is 0.125. The van der Waals surface area contributed by atoms with Gasteiger partial charge in [-0.3, -0.25) is 4.79 Å². The van der Waals surface area contributed by atoms with Gasteiger partial charge in [0.1, 0.15) is 23.5 Å². The van der Waals surface area contributed by atoms with Crippen LogP contribution in [0.1, 0.15) is 45.6 Å². The number of nitrogens with two attached hydrogens (primary N) is 1. The van der Waals surface area contributed by atoms with Crippen molar-refractivity contribution in [3.8, 4) is 17.9 Å². The summed E-state index contributed by atoms with van der Waals surface area (Å²) < 4.78 is 13.2. The summed E-state index contributed by atoms with van der Waals surface area (Å²) in [4.78, 5) is 21.1. The maximum Gasteiger partial charge on any atom is 0.255 e. The molecule has 2 aromatic heterocycles. The topological polar surface area (TPSA) is 141 Å². The fourth-order valence-electron chi connectivity index (χ4n) is 2.90. The number of nitrogens with one attached hydrogen (secondary N) is 3. The molecule has 9 heteroatoms. The van der Waals surface area contributed by atoms with E-state index in [0.717, 1.165) is 11.8 Å². The van der Waals surface area contributed by atoms with Crippen LogP contribution in [0.25, 0.3) is 0 Å². The van der Waals surface area contributed by atoms with Crippen molar-refractivity contribution in [2.24, 2.45) is 0 Å². The first-order valence-corrected chi connectivity index (χ1v) is 9.86. The zero-order chi connectivity index (χ0) is 23.8. The second kappa shape index (κ2) is 10.5. The van der Waals surface area contributed by atoms with E-state index in [4.69, 9.17) is 11.1 Å². The molecule has 0 aliphatic heterocycles. The van der Waals surface area contributed by atoms with Crippen LogP contribution in [-0.2, 0) is 0 Å². The summed E-state index contributed by atoms with van der Waals surface area (Å²) in [6.07, 6.45) is 3.96. The van der Waals surface area contributed by atoms with Gasteiger partial charge in [-0.05, 0) is 36.8 Å². The maximum absolute atomic E-state index is 13.2. The standard InChI is InChI=1S/C24H20FN7O/c1-15(18-4-6-20(25)7-5-18)32-24(33)21-10-17(11-26)14-31-23(21)29-8-2-3-16-9-19(12-27)22(28)30-13-16/h4-7,9-10,12-15,27H,8H2,1H3,(H2,28,30)(H,29,31)(H,32,33). The van der Waals surface area contributed by atoms with Gasteiger partial charge in [0.2, 0.25) is 0 Å². The molecule has 0 radical (unpaired) electrons. The minimum Gasteiger partial charge on any atom is -0.383 e. The SMILES string of the molecule is CC(NC(=O)c1cc(C#N)cnc1NCC#Cc1cnc(N)c(C=N)c1)c1ccc(F)cc1. The van der Waals surface area contributed by atoms with E-state index in [1.165, 1.54) is 30.6 Å². The van der Waals surface area contributed by atoms with Gasteiger partial charge < -0.3 is 21.8 Å². The number of hydrogen-bond donors (Lipinski definition) is 4. The molecule has 0 bridgehead atoms. The first kappa shape index (κ1) is 22.9. The monoisotopic (exact) mass is 441 g/mol. The summed E-state index contributed by atoms with van der Waals surface area (Å²) in [6, 6.07) is 10.5. The van der Waals surface area contributed by atoms with Gasteiger partial charge in [-0.1, -0.05) is 24.0 Å². The Bertz CT molecular complexity index is 1290.